The van der Waals surface area contributed by atoms with Gasteiger partial charge in [-0.3, -0.25) is 9.59 Å². The Bertz CT molecular complexity index is 562. The zero-order valence-electron chi connectivity index (χ0n) is 12.2. The van der Waals surface area contributed by atoms with Crippen LogP contribution in [0.1, 0.15) is 71.0 Å². The molecule has 8 heteroatoms. The summed E-state index contributed by atoms with van der Waals surface area (Å²) in [7, 11) is 0. The van der Waals surface area contributed by atoms with Gasteiger partial charge in [-0.2, -0.15) is 0 Å². The van der Waals surface area contributed by atoms with Gasteiger partial charge in [0.15, 0.2) is 11.5 Å². The minimum atomic E-state index is -0.658. The normalized spacial score (nSPS) is 24.4. The van der Waals surface area contributed by atoms with Crippen LogP contribution in [0.3, 0.4) is 0 Å². The van der Waals surface area contributed by atoms with Gasteiger partial charge >= 0.3 is 0 Å². The number of nitrogens with two attached hydrogens (primary N) is 2. The highest BCUT2D eigenvalue weighted by molar-refractivity contribution is 6.06. The van der Waals surface area contributed by atoms with Crippen molar-refractivity contribution in [3.05, 3.63) is 17.0 Å². The molecule has 22 heavy (non-hydrogen) atoms. The van der Waals surface area contributed by atoms with Crippen molar-refractivity contribution in [3.63, 3.8) is 0 Å². The van der Waals surface area contributed by atoms with Crippen molar-refractivity contribution in [1.82, 2.24) is 10.5 Å². The van der Waals surface area contributed by atoms with E-state index < -0.39 is 5.91 Å². The van der Waals surface area contributed by atoms with Gasteiger partial charge in [0.05, 0.1) is 0 Å². The molecular weight excluding hydrogens is 308 g/mol. The summed E-state index contributed by atoms with van der Waals surface area (Å²) in [5.74, 6) is -0.415. The smallest absolute Gasteiger partial charge is 0.274 e. The van der Waals surface area contributed by atoms with Crippen molar-refractivity contribution in [2.24, 2.45) is 11.5 Å². The van der Waals surface area contributed by atoms with Gasteiger partial charge in [-0.05, 0) is 38.5 Å². The Labute approximate surface area is 134 Å². The molecule has 2 amide bonds. The number of aromatic nitrogens is 1. The molecule has 0 bridgehead atoms. The third-order valence-electron chi connectivity index (χ3n) is 4.24. The van der Waals surface area contributed by atoms with E-state index in [1.807, 2.05) is 0 Å². The summed E-state index contributed by atoms with van der Waals surface area (Å²) < 4.78 is 5.18. The number of amides is 2. The molecule has 0 unspecified atom stereocenters. The lowest BCUT2D eigenvalue weighted by Crippen LogP contribution is -2.41. The molecule has 3 rings (SSSR count). The summed E-state index contributed by atoms with van der Waals surface area (Å²) >= 11 is 0. The van der Waals surface area contributed by atoms with E-state index in [-0.39, 0.29) is 47.6 Å². The van der Waals surface area contributed by atoms with Crippen molar-refractivity contribution < 1.29 is 14.1 Å². The van der Waals surface area contributed by atoms with Crippen LogP contribution in [0.25, 0.3) is 0 Å². The van der Waals surface area contributed by atoms with Crippen molar-refractivity contribution in [3.8, 4) is 0 Å². The van der Waals surface area contributed by atoms with E-state index in [9.17, 15) is 9.59 Å². The average molecular weight is 329 g/mol. The van der Waals surface area contributed by atoms with Crippen LogP contribution in [0.15, 0.2) is 4.52 Å². The fraction of sp³-hybridized carbons (Fsp3) is 0.643. The number of carbonyl (C=O) groups excluding carboxylic acids is 2. The number of hydrogen-bond donors (Lipinski definition) is 3. The van der Waals surface area contributed by atoms with E-state index in [1.165, 1.54) is 0 Å². The SMILES string of the molecule is Cl.NC(=O)c1c(C(=O)N[C@H]2CC[C@H](N)CC2)noc1C1CC1. The Hall–Kier alpha value is -1.60. The predicted molar refractivity (Wildman–Crippen MR) is 81.9 cm³/mol. The molecule has 2 fully saturated rings. The van der Waals surface area contributed by atoms with Gasteiger partial charge in [0, 0.05) is 18.0 Å². The monoisotopic (exact) mass is 328 g/mol. The Morgan fingerprint density at radius 2 is 1.77 bits per heavy atom. The molecule has 1 heterocycles. The Kier molecular flexibility index (Phi) is 5.08. The number of nitrogens with one attached hydrogen (secondary N) is 1. The first kappa shape index (κ1) is 16.8. The lowest BCUT2D eigenvalue weighted by molar-refractivity contribution is 0.0905. The number of carbonyl (C=O) groups is 2. The first-order valence-corrected chi connectivity index (χ1v) is 7.42. The first-order chi connectivity index (χ1) is 10.1. The molecule has 2 aliphatic carbocycles. The second-order valence-corrected chi connectivity index (χ2v) is 5.99. The number of rotatable bonds is 4. The lowest BCUT2D eigenvalue weighted by Gasteiger charge is -2.26. The van der Waals surface area contributed by atoms with Gasteiger partial charge < -0.3 is 21.3 Å². The molecule has 0 spiro atoms. The zero-order chi connectivity index (χ0) is 15.0. The van der Waals surface area contributed by atoms with Crippen molar-refractivity contribution in [2.75, 3.05) is 0 Å². The van der Waals surface area contributed by atoms with Crippen molar-refractivity contribution in [1.29, 1.82) is 0 Å². The van der Waals surface area contributed by atoms with Crippen LogP contribution in [0, 0.1) is 0 Å². The highest BCUT2D eigenvalue weighted by atomic mass is 35.5. The van der Waals surface area contributed by atoms with E-state index in [2.05, 4.69) is 10.5 Å². The van der Waals surface area contributed by atoms with Gasteiger partial charge in [-0.1, -0.05) is 5.16 Å². The lowest BCUT2D eigenvalue weighted by atomic mass is 9.91. The third-order valence-corrected chi connectivity index (χ3v) is 4.24. The van der Waals surface area contributed by atoms with E-state index in [0.717, 1.165) is 38.5 Å². The van der Waals surface area contributed by atoms with E-state index >= 15 is 0 Å². The van der Waals surface area contributed by atoms with Gasteiger partial charge in [0.25, 0.3) is 11.8 Å². The molecule has 122 valence electrons. The zero-order valence-corrected chi connectivity index (χ0v) is 13.0. The minimum Gasteiger partial charge on any atom is -0.365 e. The van der Waals surface area contributed by atoms with Crippen LogP contribution in [-0.4, -0.2) is 29.1 Å². The third kappa shape index (κ3) is 3.41. The predicted octanol–water partition coefficient (Wildman–Crippen LogP) is 1.07. The highest BCUT2D eigenvalue weighted by Gasteiger charge is 2.36. The quantitative estimate of drug-likeness (QED) is 0.762. The van der Waals surface area contributed by atoms with Crippen LogP contribution in [0.5, 0.6) is 0 Å². The topological polar surface area (TPSA) is 124 Å². The van der Waals surface area contributed by atoms with Gasteiger partial charge in [-0.15, -0.1) is 12.4 Å². The molecule has 0 radical (unpaired) electrons. The molecule has 0 aliphatic heterocycles. The molecule has 2 saturated carbocycles. The average Bonchev–Trinajstić information content (AvgIpc) is 3.19. The summed E-state index contributed by atoms with van der Waals surface area (Å²) in [6.45, 7) is 0. The molecule has 5 N–H and O–H groups in total. The number of nitrogens with zero attached hydrogens (tertiary/aromatic N) is 1. The molecule has 1 aromatic rings. The molecule has 7 nitrogen and oxygen atoms in total. The Morgan fingerprint density at radius 3 is 2.32 bits per heavy atom. The first-order valence-electron chi connectivity index (χ1n) is 7.42. The largest absolute Gasteiger partial charge is 0.365 e. The molecule has 2 aliphatic rings. The second kappa shape index (κ2) is 6.66. The van der Waals surface area contributed by atoms with Gasteiger partial charge in [0.2, 0.25) is 0 Å². The second-order valence-electron chi connectivity index (χ2n) is 5.99. The van der Waals surface area contributed by atoms with Crippen LogP contribution in [-0.2, 0) is 0 Å². The molecule has 0 saturated heterocycles. The fourth-order valence-corrected chi connectivity index (χ4v) is 2.84. The van der Waals surface area contributed by atoms with Crippen molar-refractivity contribution >= 4 is 24.2 Å². The van der Waals surface area contributed by atoms with Crippen LogP contribution >= 0.6 is 12.4 Å². The van der Waals surface area contributed by atoms with Gasteiger partial charge in [0.1, 0.15) is 5.56 Å². The Balaban J connectivity index is 0.00000176. The van der Waals surface area contributed by atoms with Crippen LogP contribution < -0.4 is 16.8 Å². The van der Waals surface area contributed by atoms with Crippen LogP contribution in [0.2, 0.25) is 0 Å². The standard InChI is InChI=1S/C14H20N4O3.ClH/c15-8-3-5-9(6-4-8)17-14(20)11-10(13(16)19)12(21-18-11)7-1-2-7;/h7-9H,1-6,15H2,(H2,16,19)(H,17,20);1H/t8-,9-;. The highest BCUT2D eigenvalue weighted by Crippen LogP contribution is 2.42. The maximum atomic E-state index is 12.3. The van der Waals surface area contributed by atoms with Gasteiger partial charge in [-0.25, -0.2) is 0 Å². The molecule has 1 aromatic heterocycles. The minimum absolute atomic E-state index is 0. The maximum Gasteiger partial charge on any atom is 0.274 e. The number of primary amides is 1. The van der Waals surface area contributed by atoms with E-state index in [0.29, 0.717) is 5.76 Å². The molecular formula is C14H21ClN4O3. The summed E-state index contributed by atoms with van der Waals surface area (Å²) in [6, 6.07) is 0.284. The summed E-state index contributed by atoms with van der Waals surface area (Å²) in [5, 5.41) is 6.67. The summed E-state index contributed by atoms with van der Waals surface area (Å²) in [5.41, 5.74) is 11.4. The Morgan fingerprint density at radius 1 is 1.14 bits per heavy atom. The number of hydrogen-bond acceptors (Lipinski definition) is 5. The van der Waals surface area contributed by atoms with Crippen LogP contribution in [0.4, 0.5) is 0 Å². The fourth-order valence-electron chi connectivity index (χ4n) is 2.84. The number of halogens is 1. The van der Waals surface area contributed by atoms with Crippen molar-refractivity contribution in [2.45, 2.75) is 56.5 Å². The van der Waals surface area contributed by atoms with E-state index in [1.54, 1.807) is 0 Å². The molecule has 0 aromatic carbocycles. The van der Waals surface area contributed by atoms with E-state index in [4.69, 9.17) is 16.0 Å². The molecule has 0 atom stereocenters. The summed E-state index contributed by atoms with van der Waals surface area (Å²) in [6.07, 6.45) is 5.34. The maximum absolute atomic E-state index is 12.3. The summed E-state index contributed by atoms with van der Waals surface area (Å²) in [4.78, 5) is 23.9.